The van der Waals surface area contributed by atoms with Gasteiger partial charge in [-0.1, -0.05) is 0 Å². The highest BCUT2D eigenvalue weighted by molar-refractivity contribution is 7.20. The summed E-state index contributed by atoms with van der Waals surface area (Å²) in [5.74, 6) is -3.34. The monoisotopic (exact) mass is 524 g/mol. The van der Waals surface area contributed by atoms with Gasteiger partial charge in [-0.25, -0.2) is 4.98 Å². The van der Waals surface area contributed by atoms with Crippen LogP contribution in [0.5, 0.6) is 5.75 Å². The minimum absolute atomic E-state index is 0.106. The van der Waals surface area contributed by atoms with E-state index in [0.717, 1.165) is 32.1 Å². The number of esters is 4. The number of thiazole rings is 1. The van der Waals surface area contributed by atoms with Crippen molar-refractivity contribution in [3.05, 3.63) is 23.2 Å². The van der Waals surface area contributed by atoms with Crippen LogP contribution in [0.15, 0.2) is 18.2 Å². The second-order valence-corrected chi connectivity index (χ2v) is 8.73. The predicted molar refractivity (Wildman–Crippen MR) is 121 cm³/mol. The number of amides is 1. The van der Waals surface area contributed by atoms with E-state index in [9.17, 15) is 24.0 Å². The Labute approximate surface area is 208 Å². The zero-order chi connectivity index (χ0) is 26.6. The van der Waals surface area contributed by atoms with Crippen LogP contribution in [0.4, 0.5) is 0 Å². The third-order valence-electron chi connectivity index (χ3n) is 4.77. The number of hydrogen-bond donors (Lipinski definition) is 1. The van der Waals surface area contributed by atoms with E-state index in [-0.39, 0.29) is 17.4 Å². The van der Waals surface area contributed by atoms with Crippen LogP contribution in [0.2, 0.25) is 0 Å². The van der Waals surface area contributed by atoms with Crippen molar-refractivity contribution in [1.82, 2.24) is 4.98 Å². The predicted octanol–water partition coefficient (Wildman–Crippen LogP) is 0.857. The maximum atomic E-state index is 11.9. The van der Waals surface area contributed by atoms with Crippen LogP contribution in [0, 0.1) is 0 Å². The number of fused-ring (bicyclic) bond motifs is 1. The number of hydrogen-bond acceptors (Lipinski definition) is 13. The highest BCUT2D eigenvalue weighted by Crippen LogP contribution is 2.33. The first kappa shape index (κ1) is 26.8. The van der Waals surface area contributed by atoms with Gasteiger partial charge in [0.1, 0.15) is 18.5 Å². The average molecular weight is 525 g/mol. The molecule has 1 fully saturated rings. The molecule has 2 heterocycles. The number of rotatable bonds is 8. The van der Waals surface area contributed by atoms with Crippen LogP contribution in [-0.2, 0) is 42.9 Å². The molecule has 1 aliphatic heterocycles. The Morgan fingerprint density at radius 2 is 1.53 bits per heavy atom. The summed E-state index contributed by atoms with van der Waals surface area (Å²) in [7, 11) is 0. The van der Waals surface area contributed by atoms with Gasteiger partial charge in [0, 0.05) is 27.7 Å². The summed E-state index contributed by atoms with van der Waals surface area (Å²) in [4.78, 5) is 62.6. The molecule has 1 aromatic heterocycles. The van der Waals surface area contributed by atoms with Gasteiger partial charge in [-0.15, -0.1) is 11.3 Å². The molecular formula is C22H24N2O11S. The van der Waals surface area contributed by atoms with Crippen molar-refractivity contribution in [3.63, 3.8) is 0 Å². The van der Waals surface area contributed by atoms with Gasteiger partial charge in [-0.05, 0) is 18.2 Å². The molecule has 3 unspecified atom stereocenters. The Morgan fingerprint density at radius 1 is 0.917 bits per heavy atom. The quantitative estimate of drug-likeness (QED) is 0.381. The summed E-state index contributed by atoms with van der Waals surface area (Å²) in [6.45, 7) is 4.17. The molecule has 0 spiro atoms. The van der Waals surface area contributed by atoms with Gasteiger partial charge >= 0.3 is 23.9 Å². The number of carbonyl (C=O) groups excluding carboxylic acids is 5. The van der Waals surface area contributed by atoms with E-state index in [0.29, 0.717) is 10.2 Å². The van der Waals surface area contributed by atoms with E-state index in [1.54, 1.807) is 12.1 Å². The van der Waals surface area contributed by atoms with E-state index < -0.39 is 60.5 Å². The van der Waals surface area contributed by atoms with Crippen LogP contribution in [0.1, 0.15) is 37.5 Å². The van der Waals surface area contributed by atoms with E-state index in [4.69, 9.17) is 34.2 Å². The lowest BCUT2D eigenvalue weighted by Gasteiger charge is -2.43. The van der Waals surface area contributed by atoms with Crippen molar-refractivity contribution in [3.8, 4) is 5.75 Å². The van der Waals surface area contributed by atoms with Crippen LogP contribution < -0.4 is 10.5 Å². The SMILES string of the molecule is CC(=O)OCC1O[C@@H](Oc2ccc3nc(C(N)=O)sc3c2)C(OC(C)=O)C(OC(C)=O)[C@@H]1OC(C)=O. The molecule has 1 aliphatic rings. The molecule has 5 atom stereocenters. The van der Waals surface area contributed by atoms with Crippen molar-refractivity contribution >= 4 is 51.3 Å². The molecule has 1 amide bonds. The minimum Gasteiger partial charge on any atom is -0.463 e. The molecule has 0 aliphatic carbocycles. The molecule has 0 bridgehead atoms. The number of nitrogens with zero attached hydrogens (tertiary/aromatic N) is 1. The van der Waals surface area contributed by atoms with Crippen molar-refractivity contribution in [2.24, 2.45) is 5.73 Å². The van der Waals surface area contributed by atoms with E-state index in [2.05, 4.69) is 4.98 Å². The number of ether oxygens (including phenoxy) is 6. The molecule has 2 N–H and O–H groups in total. The fraction of sp³-hybridized carbons (Fsp3) is 0.455. The largest absolute Gasteiger partial charge is 0.463 e. The summed E-state index contributed by atoms with van der Waals surface area (Å²) in [6.07, 6.45) is -6.55. The highest BCUT2D eigenvalue weighted by Gasteiger charge is 2.53. The van der Waals surface area contributed by atoms with Gasteiger partial charge in [0.25, 0.3) is 5.91 Å². The lowest BCUT2D eigenvalue weighted by Crippen LogP contribution is -2.63. The number of benzene rings is 1. The average Bonchev–Trinajstić information content (AvgIpc) is 3.19. The van der Waals surface area contributed by atoms with Crippen LogP contribution >= 0.6 is 11.3 Å². The zero-order valence-corrected chi connectivity index (χ0v) is 20.6. The molecule has 14 heteroatoms. The third-order valence-corrected chi connectivity index (χ3v) is 5.80. The van der Waals surface area contributed by atoms with Gasteiger partial charge in [0.2, 0.25) is 12.4 Å². The number of aromatic nitrogens is 1. The van der Waals surface area contributed by atoms with Crippen molar-refractivity contribution < 1.29 is 52.4 Å². The molecule has 0 radical (unpaired) electrons. The normalized spacial score (nSPS) is 23.4. The third kappa shape index (κ3) is 6.66. The van der Waals surface area contributed by atoms with E-state index in [1.807, 2.05) is 0 Å². The summed E-state index contributed by atoms with van der Waals surface area (Å²) < 4.78 is 33.5. The molecular weight excluding hydrogens is 500 g/mol. The summed E-state index contributed by atoms with van der Waals surface area (Å²) in [6, 6.07) is 4.67. The summed E-state index contributed by atoms with van der Waals surface area (Å²) >= 11 is 1.04. The van der Waals surface area contributed by atoms with Gasteiger partial charge < -0.3 is 34.2 Å². The van der Waals surface area contributed by atoms with Gasteiger partial charge in [-0.2, -0.15) is 0 Å². The fourth-order valence-electron chi connectivity index (χ4n) is 3.50. The topological polar surface area (TPSA) is 180 Å². The van der Waals surface area contributed by atoms with Crippen molar-refractivity contribution in [1.29, 1.82) is 0 Å². The first-order chi connectivity index (χ1) is 16.9. The first-order valence-corrected chi connectivity index (χ1v) is 11.4. The lowest BCUT2D eigenvalue weighted by atomic mass is 9.98. The Morgan fingerprint density at radius 3 is 2.11 bits per heavy atom. The van der Waals surface area contributed by atoms with Crippen LogP contribution in [0.25, 0.3) is 10.2 Å². The fourth-order valence-corrected chi connectivity index (χ4v) is 4.35. The van der Waals surface area contributed by atoms with Crippen LogP contribution in [0.3, 0.4) is 0 Å². The molecule has 13 nitrogen and oxygen atoms in total. The lowest BCUT2D eigenvalue weighted by molar-refractivity contribution is -0.288. The second kappa shape index (κ2) is 11.3. The Bertz CT molecular complexity index is 1180. The molecule has 1 aromatic carbocycles. The van der Waals surface area contributed by atoms with Crippen LogP contribution in [-0.4, -0.2) is 72.1 Å². The second-order valence-electron chi connectivity index (χ2n) is 7.70. The Balaban J connectivity index is 1.99. The van der Waals surface area contributed by atoms with Gasteiger partial charge in [0.15, 0.2) is 17.2 Å². The highest BCUT2D eigenvalue weighted by atomic mass is 32.1. The maximum absolute atomic E-state index is 11.9. The number of nitrogens with two attached hydrogens (primary N) is 1. The van der Waals surface area contributed by atoms with E-state index >= 15 is 0 Å². The Hall–Kier alpha value is -3.78. The number of primary amides is 1. The summed E-state index contributed by atoms with van der Waals surface area (Å²) in [5, 5.41) is 0.106. The molecule has 2 aromatic rings. The molecule has 194 valence electrons. The molecule has 3 rings (SSSR count). The Kier molecular flexibility index (Phi) is 8.42. The smallest absolute Gasteiger partial charge is 0.303 e. The minimum atomic E-state index is -1.38. The summed E-state index contributed by atoms with van der Waals surface area (Å²) in [5.41, 5.74) is 5.80. The van der Waals surface area contributed by atoms with Crippen molar-refractivity contribution in [2.75, 3.05) is 6.61 Å². The first-order valence-electron chi connectivity index (χ1n) is 10.6. The molecule has 1 saturated heterocycles. The molecule has 36 heavy (non-hydrogen) atoms. The molecule has 0 saturated carbocycles. The van der Waals surface area contributed by atoms with Gasteiger partial charge in [-0.3, -0.25) is 24.0 Å². The van der Waals surface area contributed by atoms with Crippen molar-refractivity contribution in [2.45, 2.75) is 58.4 Å². The maximum Gasteiger partial charge on any atom is 0.303 e. The number of carbonyl (C=O) groups is 5. The van der Waals surface area contributed by atoms with Gasteiger partial charge in [0.05, 0.1) is 10.2 Å². The standard InChI is InChI=1S/C22H24N2O11S/c1-9(25)30-8-15-17(31-10(2)26)18(32-11(3)27)19(33-12(4)28)22(35-15)34-13-5-6-14-16(7-13)36-21(24-14)20(23)29/h5-7,15,17-19,22H,8H2,1-4H3,(H2,23,29)/t15?,17-,18?,19?,22-/m1/s1. The van der Waals surface area contributed by atoms with E-state index in [1.165, 1.54) is 13.0 Å². The zero-order valence-electron chi connectivity index (χ0n) is 19.7.